The molecule has 1 aliphatic heterocycles. The number of aromatic nitrogens is 3. The summed E-state index contributed by atoms with van der Waals surface area (Å²) < 4.78 is 0. The van der Waals surface area contributed by atoms with Crippen LogP contribution in [0.3, 0.4) is 0 Å². The van der Waals surface area contributed by atoms with Crippen LogP contribution in [-0.2, 0) is 6.42 Å². The Morgan fingerprint density at radius 2 is 1.82 bits per heavy atom. The summed E-state index contributed by atoms with van der Waals surface area (Å²) in [6.45, 7) is 3.08. The van der Waals surface area contributed by atoms with Crippen molar-refractivity contribution >= 4 is 11.8 Å². The molecule has 0 bridgehead atoms. The van der Waals surface area contributed by atoms with E-state index in [1.165, 1.54) is 24.8 Å². The highest BCUT2D eigenvalue weighted by Gasteiger charge is 2.14. The van der Waals surface area contributed by atoms with Crippen molar-refractivity contribution < 1.29 is 0 Å². The maximum absolute atomic E-state index is 4.74. The summed E-state index contributed by atoms with van der Waals surface area (Å²) in [5.41, 5.74) is 1.30. The van der Waals surface area contributed by atoms with Crippen molar-refractivity contribution in [2.75, 3.05) is 36.5 Å². The largest absolute Gasteiger partial charge is 0.359 e. The molecule has 1 fully saturated rings. The van der Waals surface area contributed by atoms with Crippen LogP contribution in [0.1, 0.15) is 24.8 Å². The quantitative estimate of drug-likeness (QED) is 0.848. The van der Waals surface area contributed by atoms with Crippen LogP contribution in [0.25, 0.3) is 0 Å². The zero-order valence-corrected chi connectivity index (χ0v) is 13.1. The molecule has 1 saturated heterocycles. The third kappa shape index (κ3) is 3.72. The first kappa shape index (κ1) is 14.8. The van der Waals surface area contributed by atoms with E-state index in [0.717, 1.165) is 37.8 Å². The predicted octanol–water partition coefficient (Wildman–Crippen LogP) is 2.54. The standard InChI is InChI=1S/C17H23N5/c1-21(14-8-15-5-9-18-10-6-15)16-7-11-19-17(20-16)22-12-3-2-4-13-22/h5-7,9-11H,2-4,8,12-14H2,1H3. The summed E-state index contributed by atoms with van der Waals surface area (Å²) in [5, 5.41) is 0. The van der Waals surface area contributed by atoms with Gasteiger partial charge < -0.3 is 9.80 Å². The van der Waals surface area contributed by atoms with Gasteiger partial charge in [-0.05, 0) is 49.4 Å². The van der Waals surface area contributed by atoms with Crippen molar-refractivity contribution in [3.8, 4) is 0 Å². The lowest BCUT2D eigenvalue weighted by atomic mass is 10.1. The van der Waals surface area contributed by atoms with Gasteiger partial charge in [-0.3, -0.25) is 4.98 Å². The van der Waals surface area contributed by atoms with Crippen LogP contribution in [0, 0.1) is 0 Å². The number of anilines is 2. The fourth-order valence-electron chi connectivity index (χ4n) is 2.76. The van der Waals surface area contributed by atoms with E-state index in [1.54, 1.807) is 0 Å². The maximum atomic E-state index is 4.74. The molecule has 3 heterocycles. The summed E-state index contributed by atoms with van der Waals surface area (Å²) in [5.74, 6) is 1.86. The van der Waals surface area contributed by atoms with E-state index in [2.05, 4.69) is 38.9 Å². The number of likely N-dealkylation sites (N-methyl/N-ethyl adjacent to an activating group) is 1. The summed E-state index contributed by atoms with van der Waals surface area (Å²) >= 11 is 0. The molecule has 0 saturated carbocycles. The van der Waals surface area contributed by atoms with Crippen molar-refractivity contribution in [1.29, 1.82) is 0 Å². The summed E-state index contributed by atoms with van der Waals surface area (Å²) in [6, 6.07) is 6.11. The predicted molar refractivity (Wildman–Crippen MR) is 89.3 cm³/mol. The van der Waals surface area contributed by atoms with Crippen LogP contribution in [0.5, 0.6) is 0 Å². The Morgan fingerprint density at radius 1 is 1.05 bits per heavy atom. The van der Waals surface area contributed by atoms with Gasteiger partial charge in [0.2, 0.25) is 5.95 Å². The lowest BCUT2D eigenvalue weighted by Crippen LogP contribution is -2.31. The lowest BCUT2D eigenvalue weighted by molar-refractivity contribution is 0.568. The number of pyridine rings is 1. The molecule has 2 aromatic rings. The Hall–Kier alpha value is -2.17. The van der Waals surface area contributed by atoms with E-state index < -0.39 is 0 Å². The molecule has 0 radical (unpaired) electrons. The normalized spacial score (nSPS) is 14.9. The number of piperidine rings is 1. The van der Waals surface area contributed by atoms with E-state index in [4.69, 9.17) is 4.98 Å². The average Bonchev–Trinajstić information content (AvgIpc) is 2.61. The van der Waals surface area contributed by atoms with Crippen molar-refractivity contribution in [3.05, 3.63) is 42.4 Å². The molecule has 0 N–H and O–H groups in total. The van der Waals surface area contributed by atoms with Crippen molar-refractivity contribution in [1.82, 2.24) is 15.0 Å². The highest BCUT2D eigenvalue weighted by molar-refractivity contribution is 5.43. The van der Waals surface area contributed by atoms with Crippen molar-refractivity contribution in [2.45, 2.75) is 25.7 Å². The van der Waals surface area contributed by atoms with Gasteiger partial charge >= 0.3 is 0 Å². The highest BCUT2D eigenvalue weighted by Crippen LogP contribution is 2.18. The molecule has 5 heteroatoms. The Bertz CT molecular complexity index is 581. The van der Waals surface area contributed by atoms with Gasteiger partial charge in [0.05, 0.1) is 0 Å². The third-order valence-electron chi connectivity index (χ3n) is 4.14. The average molecular weight is 297 g/mol. The van der Waals surface area contributed by atoms with E-state index in [9.17, 15) is 0 Å². The number of nitrogens with zero attached hydrogens (tertiary/aromatic N) is 5. The maximum Gasteiger partial charge on any atom is 0.227 e. The SMILES string of the molecule is CN(CCc1ccncc1)c1ccnc(N2CCCCC2)n1. The number of hydrogen-bond donors (Lipinski definition) is 0. The Balaban J connectivity index is 1.63. The highest BCUT2D eigenvalue weighted by atomic mass is 15.3. The van der Waals surface area contributed by atoms with Gasteiger partial charge in [0.1, 0.15) is 5.82 Å². The molecule has 0 amide bonds. The van der Waals surface area contributed by atoms with Gasteiger partial charge in [-0.25, -0.2) is 4.98 Å². The molecule has 3 rings (SSSR count). The first-order valence-corrected chi connectivity index (χ1v) is 8.01. The Kier molecular flexibility index (Phi) is 4.83. The van der Waals surface area contributed by atoms with Gasteiger partial charge in [-0.15, -0.1) is 0 Å². The minimum Gasteiger partial charge on any atom is -0.359 e. The monoisotopic (exact) mass is 297 g/mol. The van der Waals surface area contributed by atoms with Gasteiger partial charge in [0.25, 0.3) is 0 Å². The molecular weight excluding hydrogens is 274 g/mol. The summed E-state index contributed by atoms with van der Waals surface area (Å²) in [7, 11) is 2.09. The lowest BCUT2D eigenvalue weighted by Gasteiger charge is -2.27. The zero-order chi connectivity index (χ0) is 15.2. The van der Waals surface area contributed by atoms with E-state index in [1.807, 2.05) is 24.7 Å². The minimum atomic E-state index is 0.868. The molecule has 5 nitrogen and oxygen atoms in total. The van der Waals surface area contributed by atoms with Crippen LogP contribution in [0.4, 0.5) is 11.8 Å². The molecule has 2 aromatic heterocycles. The molecule has 0 aromatic carbocycles. The first-order valence-electron chi connectivity index (χ1n) is 8.01. The van der Waals surface area contributed by atoms with Crippen LogP contribution < -0.4 is 9.80 Å². The smallest absolute Gasteiger partial charge is 0.227 e. The molecule has 0 unspecified atom stereocenters. The summed E-state index contributed by atoms with van der Waals surface area (Å²) in [4.78, 5) is 17.7. The zero-order valence-electron chi connectivity index (χ0n) is 13.1. The topological polar surface area (TPSA) is 45.2 Å². The molecule has 1 aliphatic rings. The van der Waals surface area contributed by atoms with E-state index in [-0.39, 0.29) is 0 Å². The Labute approximate surface area is 132 Å². The van der Waals surface area contributed by atoms with Gasteiger partial charge in [0, 0.05) is 45.3 Å². The second-order valence-electron chi connectivity index (χ2n) is 5.79. The second kappa shape index (κ2) is 7.20. The van der Waals surface area contributed by atoms with E-state index >= 15 is 0 Å². The molecular formula is C17H23N5. The molecule has 0 aliphatic carbocycles. The summed E-state index contributed by atoms with van der Waals surface area (Å²) in [6.07, 6.45) is 10.3. The van der Waals surface area contributed by atoms with Crippen LogP contribution in [-0.4, -0.2) is 41.6 Å². The first-order chi connectivity index (χ1) is 10.8. The Morgan fingerprint density at radius 3 is 2.59 bits per heavy atom. The number of rotatable bonds is 5. The number of hydrogen-bond acceptors (Lipinski definition) is 5. The third-order valence-corrected chi connectivity index (χ3v) is 4.14. The molecule has 0 spiro atoms. The van der Waals surface area contributed by atoms with Crippen LogP contribution >= 0.6 is 0 Å². The minimum absolute atomic E-state index is 0.868. The van der Waals surface area contributed by atoms with E-state index in [0.29, 0.717) is 0 Å². The van der Waals surface area contributed by atoms with Gasteiger partial charge in [-0.2, -0.15) is 4.98 Å². The van der Waals surface area contributed by atoms with Crippen molar-refractivity contribution in [2.24, 2.45) is 0 Å². The second-order valence-corrected chi connectivity index (χ2v) is 5.79. The van der Waals surface area contributed by atoms with Gasteiger partial charge in [-0.1, -0.05) is 0 Å². The fourth-order valence-corrected chi connectivity index (χ4v) is 2.76. The molecule has 116 valence electrons. The molecule has 0 atom stereocenters. The van der Waals surface area contributed by atoms with Crippen LogP contribution in [0.2, 0.25) is 0 Å². The fraction of sp³-hybridized carbons (Fsp3) is 0.471. The van der Waals surface area contributed by atoms with Crippen molar-refractivity contribution in [3.63, 3.8) is 0 Å². The molecule has 22 heavy (non-hydrogen) atoms. The van der Waals surface area contributed by atoms with Gasteiger partial charge in [0.15, 0.2) is 0 Å². The van der Waals surface area contributed by atoms with Crippen LogP contribution in [0.15, 0.2) is 36.8 Å².